The van der Waals surface area contributed by atoms with Crippen LogP contribution in [-0.2, 0) is 0 Å². The second kappa shape index (κ2) is 15.4. The SMILES string of the molecule is CCCCCCCN(CCCCCCC)CCC(C)C. The lowest BCUT2D eigenvalue weighted by Crippen LogP contribution is -2.28. The second-order valence-electron chi connectivity index (χ2n) is 6.85. The maximum atomic E-state index is 2.73. The highest BCUT2D eigenvalue weighted by Crippen LogP contribution is 2.09. The van der Waals surface area contributed by atoms with Crippen molar-refractivity contribution in [1.82, 2.24) is 4.90 Å². The summed E-state index contributed by atoms with van der Waals surface area (Å²) in [6.07, 6.45) is 15.5. The molecule has 0 aliphatic rings. The van der Waals surface area contributed by atoms with E-state index in [-0.39, 0.29) is 0 Å². The highest BCUT2D eigenvalue weighted by atomic mass is 15.1. The average molecular weight is 284 g/mol. The fourth-order valence-corrected chi connectivity index (χ4v) is 2.65. The smallest absolute Gasteiger partial charge is 0.00163 e. The Morgan fingerprint density at radius 2 is 1.05 bits per heavy atom. The molecule has 0 bridgehead atoms. The molecule has 1 nitrogen and oxygen atoms in total. The van der Waals surface area contributed by atoms with E-state index in [2.05, 4.69) is 32.6 Å². The first kappa shape index (κ1) is 20.0. The van der Waals surface area contributed by atoms with E-state index in [1.165, 1.54) is 90.3 Å². The van der Waals surface area contributed by atoms with Crippen LogP contribution >= 0.6 is 0 Å². The van der Waals surface area contributed by atoms with Gasteiger partial charge in [0.25, 0.3) is 0 Å². The van der Waals surface area contributed by atoms with Crippen molar-refractivity contribution in [2.24, 2.45) is 5.92 Å². The van der Waals surface area contributed by atoms with Gasteiger partial charge in [0, 0.05) is 0 Å². The summed E-state index contributed by atoms with van der Waals surface area (Å²) in [6, 6.07) is 0. The van der Waals surface area contributed by atoms with Crippen molar-refractivity contribution in [3.63, 3.8) is 0 Å². The summed E-state index contributed by atoms with van der Waals surface area (Å²) in [5.41, 5.74) is 0. The zero-order valence-electron chi connectivity index (χ0n) is 14.9. The average Bonchev–Trinajstić information content (AvgIpc) is 2.43. The molecule has 0 aliphatic heterocycles. The van der Waals surface area contributed by atoms with E-state index in [1.54, 1.807) is 0 Å². The fraction of sp³-hybridized carbons (Fsp3) is 1.00. The van der Waals surface area contributed by atoms with Gasteiger partial charge in [0.15, 0.2) is 0 Å². The summed E-state index contributed by atoms with van der Waals surface area (Å²) in [6.45, 7) is 13.3. The van der Waals surface area contributed by atoms with Gasteiger partial charge in [-0.1, -0.05) is 79.1 Å². The second-order valence-corrected chi connectivity index (χ2v) is 6.85. The van der Waals surface area contributed by atoms with Crippen LogP contribution in [0.4, 0.5) is 0 Å². The van der Waals surface area contributed by atoms with Gasteiger partial charge in [-0.25, -0.2) is 0 Å². The van der Waals surface area contributed by atoms with Crippen molar-refractivity contribution in [2.75, 3.05) is 19.6 Å². The van der Waals surface area contributed by atoms with Crippen LogP contribution in [0, 0.1) is 5.92 Å². The molecule has 0 fully saturated rings. The molecule has 0 saturated carbocycles. The van der Waals surface area contributed by atoms with Gasteiger partial charge in [-0.15, -0.1) is 0 Å². The topological polar surface area (TPSA) is 3.24 Å². The van der Waals surface area contributed by atoms with Crippen LogP contribution in [0.2, 0.25) is 0 Å². The van der Waals surface area contributed by atoms with Crippen LogP contribution < -0.4 is 0 Å². The monoisotopic (exact) mass is 283 g/mol. The normalized spacial score (nSPS) is 11.7. The minimum Gasteiger partial charge on any atom is -0.303 e. The highest BCUT2D eigenvalue weighted by molar-refractivity contribution is 4.61. The zero-order valence-corrected chi connectivity index (χ0v) is 14.9. The Kier molecular flexibility index (Phi) is 15.3. The Labute approximate surface area is 129 Å². The molecule has 1 heteroatoms. The molecule has 0 rings (SSSR count). The van der Waals surface area contributed by atoms with Crippen molar-refractivity contribution >= 4 is 0 Å². The Bertz CT molecular complexity index is 163. The van der Waals surface area contributed by atoms with Gasteiger partial charge in [0.05, 0.1) is 0 Å². The van der Waals surface area contributed by atoms with Crippen LogP contribution in [-0.4, -0.2) is 24.5 Å². The lowest BCUT2D eigenvalue weighted by molar-refractivity contribution is 0.246. The van der Waals surface area contributed by atoms with Crippen molar-refractivity contribution < 1.29 is 0 Å². The number of nitrogens with zero attached hydrogens (tertiary/aromatic N) is 1. The van der Waals surface area contributed by atoms with Crippen LogP contribution in [0.25, 0.3) is 0 Å². The molecule has 0 aromatic rings. The first-order chi connectivity index (χ1) is 9.70. The van der Waals surface area contributed by atoms with Crippen molar-refractivity contribution in [2.45, 2.75) is 98.3 Å². The minimum absolute atomic E-state index is 0.845. The molecule has 0 radical (unpaired) electrons. The summed E-state index contributed by atoms with van der Waals surface area (Å²) < 4.78 is 0. The van der Waals surface area contributed by atoms with Gasteiger partial charge in [-0.3, -0.25) is 0 Å². The van der Waals surface area contributed by atoms with Gasteiger partial charge in [0.2, 0.25) is 0 Å². The molecule has 0 amide bonds. The standard InChI is InChI=1S/C19H41N/c1-5-7-9-11-13-16-20(18-15-19(3)4)17-14-12-10-8-6-2/h19H,5-18H2,1-4H3. The molecular weight excluding hydrogens is 242 g/mol. The van der Waals surface area contributed by atoms with Gasteiger partial charge in [-0.2, -0.15) is 0 Å². The summed E-state index contributed by atoms with van der Waals surface area (Å²) in [5.74, 6) is 0.845. The van der Waals surface area contributed by atoms with Crippen LogP contribution in [0.15, 0.2) is 0 Å². The molecule has 0 unspecified atom stereocenters. The lowest BCUT2D eigenvalue weighted by Gasteiger charge is -2.23. The number of unbranched alkanes of at least 4 members (excludes halogenated alkanes) is 8. The Morgan fingerprint density at radius 3 is 1.45 bits per heavy atom. The summed E-state index contributed by atoms with van der Waals surface area (Å²) in [7, 11) is 0. The number of rotatable bonds is 15. The molecular formula is C19H41N. The van der Waals surface area contributed by atoms with E-state index in [1.807, 2.05) is 0 Å². The Hall–Kier alpha value is -0.0400. The summed E-state index contributed by atoms with van der Waals surface area (Å²) in [5, 5.41) is 0. The zero-order chi connectivity index (χ0) is 15.1. The molecule has 0 aromatic carbocycles. The van der Waals surface area contributed by atoms with E-state index in [9.17, 15) is 0 Å². The maximum absolute atomic E-state index is 2.73. The molecule has 0 heterocycles. The van der Waals surface area contributed by atoms with Crippen LogP contribution in [0.3, 0.4) is 0 Å². The molecule has 0 spiro atoms. The first-order valence-electron chi connectivity index (χ1n) is 9.43. The largest absolute Gasteiger partial charge is 0.303 e. The number of hydrogen-bond donors (Lipinski definition) is 0. The molecule has 0 N–H and O–H groups in total. The molecule has 0 atom stereocenters. The van der Waals surface area contributed by atoms with E-state index in [0.717, 1.165) is 5.92 Å². The van der Waals surface area contributed by atoms with Crippen molar-refractivity contribution in [3.05, 3.63) is 0 Å². The van der Waals surface area contributed by atoms with Crippen LogP contribution in [0.1, 0.15) is 98.3 Å². The van der Waals surface area contributed by atoms with Gasteiger partial charge < -0.3 is 4.90 Å². The van der Waals surface area contributed by atoms with E-state index in [4.69, 9.17) is 0 Å². The van der Waals surface area contributed by atoms with Crippen LogP contribution in [0.5, 0.6) is 0 Å². The fourth-order valence-electron chi connectivity index (χ4n) is 2.65. The number of hydrogen-bond acceptors (Lipinski definition) is 1. The van der Waals surface area contributed by atoms with E-state index >= 15 is 0 Å². The minimum atomic E-state index is 0.845. The van der Waals surface area contributed by atoms with Gasteiger partial charge >= 0.3 is 0 Å². The first-order valence-corrected chi connectivity index (χ1v) is 9.43. The third-order valence-electron chi connectivity index (χ3n) is 4.18. The summed E-state index contributed by atoms with van der Waals surface area (Å²) in [4.78, 5) is 2.73. The predicted octanol–water partition coefficient (Wildman–Crippen LogP) is 6.28. The Morgan fingerprint density at radius 1 is 0.600 bits per heavy atom. The highest BCUT2D eigenvalue weighted by Gasteiger charge is 2.05. The molecule has 122 valence electrons. The van der Waals surface area contributed by atoms with Gasteiger partial charge in [0.1, 0.15) is 0 Å². The third-order valence-corrected chi connectivity index (χ3v) is 4.18. The molecule has 0 aromatic heterocycles. The third kappa shape index (κ3) is 14.4. The van der Waals surface area contributed by atoms with Gasteiger partial charge in [-0.05, 0) is 44.8 Å². The van der Waals surface area contributed by atoms with Crippen molar-refractivity contribution in [3.8, 4) is 0 Å². The van der Waals surface area contributed by atoms with E-state index in [0.29, 0.717) is 0 Å². The molecule has 0 saturated heterocycles. The Balaban J connectivity index is 3.70. The quantitative estimate of drug-likeness (QED) is 0.320. The lowest BCUT2D eigenvalue weighted by atomic mass is 10.1. The maximum Gasteiger partial charge on any atom is -0.00163 e. The van der Waals surface area contributed by atoms with E-state index < -0.39 is 0 Å². The molecule has 20 heavy (non-hydrogen) atoms. The molecule has 0 aliphatic carbocycles. The summed E-state index contributed by atoms with van der Waals surface area (Å²) >= 11 is 0. The predicted molar refractivity (Wildman–Crippen MR) is 93.4 cm³/mol. The van der Waals surface area contributed by atoms with Crippen molar-refractivity contribution in [1.29, 1.82) is 0 Å².